The number of piperidine rings is 2. The summed E-state index contributed by atoms with van der Waals surface area (Å²) in [6.45, 7) is 5.83. The highest BCUT2D eigenvalue weighted by atomic mass is 16.4. The van der Waals surface area contributed by atoms with Crippen molar-refractivity contribution in [1.29, 1.82) is 0 Å². The van der Waals surface area contributed by atoms with E-state index < -0.39 is 5.97 Å². The molecule has 0 unspecified atom stereocenters. The lowest BCUT2D eigenvalue weighted by molar-refractivity contribution is 0.0696. The van der Waals surface area contributed by atoms with Crippen molar-refractivity contribution in [1.82, 2.24) is 9.80 Å². The predicted octanol–water partition coefficient (Wildman–Crippen LogP) is 2.84. The lowest BCUT2D eigenvalue weighted by Crippen LogP contribution is -2.46. The van der Waals surface area contributed by atoms with E-state index in [1.54, 1.807) is 12.1 Å². The van der Waals surface area contributed by atoms with Gasteiger partial charge >= 0.3 is 5.97 Å². The number of carboxylic acid groups (broad SMARTS) is 1. The van der Waals surface area contributed by atoms with Gasteiger partial charge in [0.05, 0.1) is 5.56 Å². The molecule has 2 saturated heterocycles. The molecule has 0 aromatic heterocycles. The van der Waals surface area contributed by atoms with E-state index in [0.29, 0.717) is 5.56 Å². The Bertz CT molecular complexity index is 486. The highest BCUT2D eigenvalue weighted by Crippen LogP contribution is 2.22. The van der Waals surface area contributed by atoms with Gasteiger partial charge in [-0.2, -0.15) is 0 Å². The van der Waals surface area contributed by atoms with E-state index >= 15 is 0 Å². The van der Waals surface area contributed by atoms with Crippen LogP contribution < -0.4 is 0 Å². The number of rotatable bonds is 4. The molecule has 2 heterocycles. The highest BCUT2D eigenvalue weighted by molar-refractivity contribution is 5.87. The molecule has 120 valence electrons. The average Bonchev–Trinajstić information content (AvgIpc) is 2.57. The summed E-state index contributed by atoms with van der Waals surface area (Å²) in [5.41, 5.74) is 1.58. The summed E-state index contributed by atoms with van der Waals surface area (Å²) in [6.07, 6.45) is 6.69. The van der Waals surface area contributed by atoms with Gasteiger partial charge in [0.1, 0.15) is 0 Å². The quantitative estimate of drug-likeness (QED) is 0.929. The molecule has 4 nitrogen and oxygen atoms in total. The summed E-state index contributed by atoms with van der Waals surface area (Å²) < 4.78 is 0. The molecule has 0 atom stereocenters. The fourth-order valence-corrected chi connectivity index (χ4v) is 3.74. The second kappa shape index (κ2) is 7.25. The lowest BCUT2D eigenvalue weighted by atomic mass is 9.99. The van der Waals surface area contributed by atoms with Gasteiger partial charge in [-0.15, -0.1) is 0 Å². The van der Waals surface area contributed by atoms with Crippen LogP contribution in [0.4, 0.5) is 0 Å². The number of hydrogen-bond donors (Lipinski definition) is 1. The third-order valence-electron chi connectivity index (χ3n) is 5.07. The van der Waals surface area contributed by atoms with E-state index in [1.165, 1.54) is 50.8 Å². The second-order valence-electron chi connectivity index (χ2n) is 6.61. The molecule has 0 amide bonds. The van der Waals surface area contributed by atoms with Crippen LogP contribution in [0.5, 0.6) is 0 Å². The van der Waals surface area contributed by atoms with E-state index in [2.05, 4.69) is 9.80 Å². The first-order chi connectivity index (χ1) is 10.7. The maximum absolute atomic E-state index is 10.9. The summed E-state index contributed by atoms with van der Waals surface area (Å²) in [7, 11) is 0. The maximum atomic E-state index is 10.9. The first kappa shape index (κ1) is 15.5. The summed E-state index contributed by atoms with van der Waals surface area (Å²) in [4.78, 5) is 16.1. The third kappa shape index (κ3) is 3.87. The van der Waals surface area contributed by atoms with Crippen molar-refractivity contribution in [2.75, 3.05) is 26.2 Å². The zero-order valence-corrected chi connectivity index (χ0v) is 13.2. The van der Waals surface area contributed by atoms with Crippen LogP contribution in [0, 0.1) is 0 Å². The minimum atomic E-state index is -0.853. The normalized spacial score (nSPS) is 21.8. The van der Waals surface area contributed by atoms with E-state index in [1.807, 2.05) is 12.1 Å². The first-order valence-corrected chi connectivity index (χ1v) is 8.51. The van der Waals surface area contributed by atoms with Gasteiger partial charge in [0.25, 0.3) is 0 Å². The zero-order valence-electron chi connectivity index (χ0n) is 13.2. The van der Waals surface area contributed by atoms with Crippen LogP contribution in [0.3, 0.4) is 0 Å². The van der Waals surface area contributed by atoms with E-state index in [4.69, 9.17) is 5.11 Å². The van der Waals surface area contributed by atoms with Gasteiger partial charge in [-0.1, -0.05) is 18.6 Å². The van der Waals surface area contributed by atoms with Crippen molar-refractivity contribution in [3.05, 3.63) is 35.4 Å². The van der Waals surface area contributed by atoms with Crippen LogP contribution in [0.25, 0.3) is 0 Å². The molecule has 1 aromatic carbocycles. The van der Waals surface area contributed by atoms with Gasteiger partial charge in [-0.3, -0.25) is 4.90 Å². The number of likely N-dealkylation sites (tertiary alicyclic amines) is 2. The Morgan fingerprint density at radius 3 is 2.23 bits per heavy atom. The number of hydrogen-bond acceptors (Lipinski definition) is 3. The number of carbonyl (C=O) groups is 1. The SMILES string of the molecule is O=C(O)c1ccc(CN2CCC(N3CCCCC3)CC2)cc1. The molecule has 0 saturated carbocycles. The fourth-order valence-electron chi connectivity index (χ4n) is 3.74. The van der Waals surface area contributed by atoms with Crippen molar-refractivity contribution in [3.63, 3.8) is 0 Å². The Labute approximate surface area is 132 Å². The van der Waals surface area contributed by atoms with E-state index in [0.717, 1.165) is 25.7 Å². The lowest BCUT2D eigenvalue weighted by Gasteiger charge is -2.40. The smallest absolute Gasteiger partial charge is 0.335 e. The highest BCUT2D eigenvalue weighted by Gasteiger charge is 2.25. The summed E-state index contributed by atoms with van der Waals surface area (Å²) in [6, 6.07) is 8.09. The van der Waals surface area contributed by atoms with Crippen molar-refractivity contribution in [3.8, 4) is 0 Å². The molecule has 2 aliphatic rings. The van der Waals surface area contributed by atoms with Gasteiger partial charge in [0.15, 0.2) is 0 Å². The average molecular weight is 302 g/mol. The van der Waals surface area contributed by atoms with Crippen LogP contribution in [-0.4, -0.2) is 53.1 Å². The maximum Gasteiger partial charge on any atom is 0.335 e. The molecule has 0 aliphatic carbocycles. The number of aromatic carboxylic acids is 1. The number of carboxylic acids is 1. The van der Waals surface area contributed by atoms with Crippen LogP contribution in [0.15, 0.2) is 24.3 Å². The molecule has 1 N–H and O–H groups in total. The van der Waals surface area contributed by atoms with Crippen LogP contribution in [0.2, 0.25) is 0 Å². The van der Waals surface area contributed by atoms with Crippen LogP contribution >= 0.6 is 0 Å². The third-order valence-corrected chi connectivity index (χ3v) is 5.07. The van der Waals surface area contributed by atoms with E-state index in [9.17, 15) is 4.79 Å². The van der Waals surface area contributed by atoms with Crippen LogP contribution in [0.1, 0.15) is 48.0 Å². The number of nitrogens with zero attached hydrogens (tertiary/aromatic N) is 2. The van der Waals surface area contributed by atoms with Gasteiger partial charge in [0, 0.05) is 12.6 Å². The largest absolute Gasteiger partial charge is 0.478 e. The number of benzene rings is 1. The van der Waals surface area contributed by atoms with Crippen molar-refractivity contribution in [2.24, 2.45) is 0 Å². The van der Waals surface area contributed by atoms with Crippen molar-refractivity contribution < 1.29 is 9.90 Å². The molecule has 3 rings (SSSR count). The molecular weight excluding hydrogens is 276 g/mol. The fraction of sp³-hybridized carbons (Fsp3) is 0.611. The van der Waals surface area contributed by atoms with Gasteiger partial charge < -0.3 is 10.0 Å². The van der Waals surface area contributed by atoms with Crippen molar-refractivity contribution >= 4 is 5.97 Å². The summed E-state index contributed by atoms with van der Waals surface area (Å²) in [5.74, 6) is -0.853. The van der Waals surface area contributed by atoms with E-state index in [-0.39, 0.29) is 0 Å². The molecular formula is C18H26N2O2. The van der Waals surface area contributed by atoms with Crippen molar-refractivity contribution in [2.45, 2.75) is 44.7 Å². The zero-order chi connectivity index (χ0) is 15.4. The van der Waals surface area contributed by atoms with Gasteiger partial charge in [-0.05, 0) is 69.6 Å². The Morgan fingerprint density at radius 1 is 1.00 bits per heavy atom. The monoisotopic (exact) mass is 302 g/mol. The molecule has 4 heteroatoms. The second-order valence-corrected chi connectivity index (χ2v) is 6.61. The Balaban J connectivity index is 1.48. The topological polar surface area (TPSA) is 43.8 Å². The minimum Gasteiger partial charge on any atom is -0.478 e. The Kier molecular flexibility index (Phi) is 5.11. The van der Waals surface area contributed by atoms with Gasteiger partial charge in [0.2, 0.25) is 0 Å². The summed E-state index contributed by atoms with van der Waals surface area (Å²) in [5, 5.41) is 8.94. The molecule has 2 fully saturated rings. The molecule has 0 spiro atoms. The Morgan fingerprint density at radius 2 is 1.64 bits per heavy atom. The Hall–Kier alpha value is -1.39. The predicted molar refractivity (Wildman–Crippen MR) is 87.1 cm³/mol. The summed E-state index contributed by atoms with van der Waals surface area (Å²) >= 11 is 0. The van der Waals surface area contributed by atoms with Gasteiger partial charge in [-0.25, -0.2) is 4.79 Å². The minimum absolute atomic E-state index is 0.368. The van der Waals surface area contributed by atoms with Crippen LogP contribution in [-0.2, 0) is 6.54 Å². The molecule has 22 heavy (non-hydrogen) atoms. The molecule has 1 aromatic rings. The first-order valence-electron chi connectivity index (χ1n) is 8.51. The molecule has 0 bridgehead atoms. The molecule has 0 radical (unpaired) electrons. The molecule has 2 aliphatic heterocycles. The standard InChI is InChI=1S/C18H26N2O2/c21-18(22)16-6-4-15(5-7-16)14-19-12-8-17(9-13-19)20-10-2-1-3-11-20/h4-7,17H,1-3,8-14H2,(H,21,22).